The van der Waals surface area contributed by atoms with Crippen molar-refractivity contribution in [1.82, 2.24) is 4.98 Å². The monoisotopic (exact) mass is 512 g/mol. The number of hydrogen-bond acceptors (Lipinski definition) is 8. The second-order valence-corrected chi connectivity index (χ2v) is 8.99. The number of benzene rings is 2. The standard InChI is InChI=1S/C25H21ClN2O6S/c1-4-34-24(32)22-13(2)27-25(35-22)28-19(14-7-11-17(33-3)12-8-14)18(21(30)23(28)31)20(29)15-5-9-16(26)10-6-15/h5-12,19,29H,4H2,1-3H3/t19-/m0/s1. The van der Waals surface area contributed by atoms with Crippen LogP contribution in [0, 0.1) is 6.92 Å². The van der Waals surface area contributed by atoms with Gasteiger partial charge in [-0.3, -0.25) is 14.5 Å². The lowest BCUT2D eigenvalue weighted by Crippen LogP contribution is -2.29. The molecule has 180 valence electrons. The molecule has 0 bridgehead atoms. The van der Waals surface area contributed by atoms with Crippen LogP contribution < -0.4 is 9.64 Å². The van der Waals surface area contributed by atoms with Crippen molar-refractivity contribution in [3.05, 3.63) is 80.8 Å². The molecule has 0 aliphatic carbocycles. The molecule has 1 atom stereocenters. The fourth-order valence-corrected chi connectivity index (χ4v) is 4.88. The maximum Gasteiger partial charge on any atom is 0.350 e. The Morgan fingerprint density at radius 2 is 1.80 bits per heavy atom. The summed E-state index contributed by atoms with van der Waals surface area (Å²) in [6.45, 7) is 3.50. The minimum absolute atomic E-state index is 0.104. The Balaban J connectivity index is 1.90. The van der Waals surface area contributed by atoms with Gasteiger partial charge < -0.3 is 14.6 Å². The van der Waals surface area contributed by atoms with Crippen molar-refractivity contribution in [3.63, 3.8) is 0 Å². The van der Waals surface area contributed by atoms with Gasteiger partial charge in [0.15, 0.2) is 5.13 Å². The topological polar surface area (TPSA) is 106 Å². The van der Waals surface area contributed by atoms with Crippen molar-refractivity contribution in [2.75, 3.05) is 18.6 Å². The number of esters is 1. The molecule has 4 rings (SSSR count). The average molecular weight is 513 g/mol. The minimum atomic E-state index is -0.989. The van der Waals surface area contributed by atoms with E-state index in [1.54, 1.807) is 62.4 Å². The summed E-state index contributed by atoms with van der Waals surface area (Å²) in [6.07, 6.45) is 0. The molecule has 1 aromatic heterocycles. The quantitative estimate of drug-likeness (QED) is 0.216. The first-order chi connectivity index (χ1) is 16.8. The first-order valence-electron chi connectivity index (χ1n) is 10.6. The maximum absolute atomic E-state index is 13.3. The van der Waals surface area contributed by atoms with Gasteiger partial charge in [-0.05, 0) is 55.8 Å². The summed E-state index contributed by atoms with van der Waals surface area (Å²) >= 11 is 6.91. The van der Waals surface area contributed by atoms with Gasteiger partial charge in [0.25, 0.3) is 5.78 Å². The number of halogens is 1. The van der Waals surface area contributed by atoms with E-state index in [0.29, 0.717) is 27.6 Å². The fourth-order valence-electron chi connectivity index (χ4n) is 3.77. The van der Waals surface area contributed by atoms with Crippen molar-refractivity contribution in [2.45, 2.75) is 19.9 Å². The number of aryl methyl sites for hydroxylation is 1. The summed E-state index contributed by atoms with van der Waals surface area (Å²) in [5, 5.41) is 11.7. The maximum atomic E-state index is 13.3. The van der Waals surface area contributed by atoms with Crippen LogP contribution in [0.1, 0.15) is 39.5 Å². The summed E-state index contributed by atoms with van der Waals surface area (Å²) in [4.78, 5) is 44.7. The van der Waals surface area contributed by atoms with E-state index in [-0.39, 0.29) is 27.9 Å². The summed E-state index contributed by atoms with van der Waals surface area (Å²) in [7, 11) is 1.52. The van der Waals surface area contributed by atoms with Crippen LogP contribution in [0.25, 0.3) is 5.76 Å². The van der Waals surface area contributed by atoms with Crippen LogP contribution in [0.15, 0.2) is 54.1 Å². The summed E-state index contributed by atoms with van der Waals surface area (Å²) in [6, 6.07) is 12.1. The number of nitrogens with zero attached hydrogens (tertiary/aromatic N) is 2. The molecule has 1 saturated heterocycles. The van der Waals surface area contributed by atoms with Gasteiger partial charge in [-0.25, -0.2) is 9.78 Å². The third-order valence-corrected chi connectivity index (χ3v) is 6.83. The average Bonchev–Trinajstić information content (AvgIpc) is 3.36. The molecule has 2 heterocycles. The van der Waals surface area contributed by atoms with Gasteiger partial charge in [0.2, 0.25) is 0 Å². The van der Waals surface area contributed by atoms with Crippen molar-refractivity contribution in [2.24, 2.45) is 0 Å². The molecule has 0 saturated carbocycles. The normalized spacial score (nSPS) is 17.0. The number of anilines is 1. The molecule has 10 heteroatoms. The van der Waals surface area contributed by atoms with Crippen molar-refractivity contribution in [3.8, 4) is 5.75 Å². The van der Waals surface area contributed by atoms with Crippen LogP contribution in [-0.4, -0.2) is 41.5 Å². The predicted octanol–water partition coefficient (Wildman–Crippen LogP) is 4.92. The van der Waals surface area contributed by atoms with Gasteiger partial charge in [-0.1, -0.05) is 35.1 Å². The Morgan fingerprint density at radius 3 is 2.40 bits per heavy atom. The Kier molecular flexibility index (Phi) is 6.90. The third-order valence-electron chi connectivity index (χ3n) is 5.45. The molecule has 0 unspecified atom stereocenters. The van der Waals surface area contributed by atoms with E-state index >= 15 is 0 Å². The lowest BCUT2D eigenvalue weighted by Gasteiger charge is -2.23. The molecule has 0 spiro atoms. The number of thiazole rings is 1. The molecular weight excluding hydrogens is 492 g/mol. The van der Waals surface area contributed by atoms with E-state index in [0.717, 1.165) is 11.3 Å². The highest BCUT2D eigenvalue weighted by atomic mass is 35.5. The number of aliphatic hydroxyl groups is 1. The Morgan fingerprint density at radius 1 is 1.14 bits per heavy atom. The number of ether oxygens (including phenoxy) is 2. The number of amides is 1. The van der Waals surface area contributed by atoms with Crippen molar-refractivity contribution < 1.29 is 29.0 Å². The lowest BCUT2D eigenvalue weighted by molar-refractivity contribution is -0.132. The van der Waals surface area contributed by atoms with Crippen LogP contribution in [0.2, 0.25) is 5.02 Å². The molecule has 1 aliphatic heterocycles. The van der Waals surface area contributed by atoms with E-state index in [1.807, 2.05) is 0 Å². The van der Waals surface area contributed by atoms with Gasteiger partial charge >= 0.3 is 11.9 Å². The Hall–Kier alpha value is -3.69. The Bertz CT molecular complexity index is 1330. The zero-order valence-electron chi connectivity index (χ0n) is 19.1. The highest BCUT2D eigenvalue weighted by molar-refractivity contribution is 7.17. The number of hydrogen-bond donors (Lipinski definition) is 1. The van der Waals surface area contributed by atoms with Gasteiger partial charge in [-0.2, -0.15) is 0 Å². The van der Waals surface area contributed by atoms with E-state index in [2.05, 4.69) is 4.98 Å². The van der Waals surface area contributed by atoms with E-state index in [4.69, 9.17) is 21.1 Å². The number of methoxy groups -OCH3 is 1. The van der Waals surface area contributed by atoms with Crippen LogP contribution in [0.4, 0.5) is 5.13 Å². The molecule has 0 radical (unpaired) electrons. The van der Waals surface area contributed by atoms with Gasteiger partial charge in [-0.15, -0.1) is 0 Å². The molecule has 3 aromatic rings. The van der Waals surface area contributed by atoms with Crippen LogP contribution in [0.3, 0.4) is 0 Å². The summed E-state index contributed by atoms with van der Waals surface area (Å²) in [5.74, 6) is -2.07. The Labute approximate surface area is 210 Å². The number of aliphatic hydroxyl groups excluding tert-OH is 1. The third kappa shape index (κ3) is 4.52. The second-order valence-electron chi connectivity index (χ2n) is 7.58. The van der Waals surface area contributed by atoms with Crippen molar-refractivity contribution >= 4 is 51.5 Å². The number of ketones is 1. The van der Waals surface area contributed by atoms with Gasteiger partial charge in [0.05, 0.1) is 31.0 Å². The molecule has 1 amide bonds. The van der Waals surface area contributed by atoms with Crippen LogP contribution in [-0.2, 0) is 14.3 Å². The molecule has 1 aliphatic rings. The van der Waals surface area contributed by atoms with Crippen LogP contribution in [0.5, 0.6) is 5.75 Å². The summed E-state index contributed by atoms with van der Waals surface area (Å²) in [5.41, 5.74) is 1.14. The first kappa shape index (κ1) is 24.4. The predicted molar refractivity (Wildman–Crippen MR) is 132 cm³/mol. The smallest absolute Gasteiger partial charge is 0.350 e. The van der Waals surface area contributed by atoms with Crippen LogP contribution >= 0.6 is 22.9 Å². The van der Waals surface area contributed by atoms with E-state index in [1.165, 1.54) is 12.0 Å². The highest BCUT2D eigenvalue weighted by Gasteiger charge is 2.48. The van der Waals surface area contributed by atoms with Gasteiger partial charge in [0.1, 0.15) is 16.4 Å². The lowest BCUT2D eigenvalue weighted by atomic mass is 9.95. The molecule has 8 nitrogen and oxygen atoms in total. The van der Waals surface area contributed by atoms with E-state index < -0.39 is 23.7 Å². The molecule has 1 fully saturated rings. The first-order valence-corrected chi connectivity index (χ1v) is 11.8. The number of aromatic nitrogens is 1. The fraction of sp³-hybridized carbons (Fsp3) is 0.200. The SMILES string of the molecule is CCOC(=O)c1sc(N2C(=O)C(=O)C(=C(O)c3ccc(Cl)cc3)[C@@H]2c2ccc(OC)cc2)nc1C. The van der Waals surface area contributed by atoms with Crippen molar-refractivity contribution in [1.29, 1.82) is 0 Å². The number of carbonyl (C=O) groups excluding carboxylic acids is 3. The largest absolute Gasteiger partial charge is 0.507 e. The molecule has 35 heavy (non-hydrogen) atoms. The zero-order chi connectivity index (χ0) is 25.3. The molecule has 1 N–H and O–H groups in total. The van der Waals surface area contributed by atoms with E-state index in [9.17, 15) is 19.5 Å². The molecular formula is C25H21ClN2O6S. The van der Waals surface area contributed by atoms with Gasteiger partial charge in [0, 0.05) is 10.6 Å². The summed E-state index contributed by atoms with van der Waals surface area (Å²) < 4.78 is 10.3. The number of carbonyl (C=O) groups is 3. The number of Topliss-reactive ketones (excluding diaryl/α,β-unsaturated/α-hetero) is 1. The molecule has 2 aromatic carbocycles. The number of rotatable bonds is 6. The zero-order valence-corrected chi connectivity index (χ0v) is 20.6. The second kappa shape index (κ2) is 9.89. The highest BCUT2D eigenvalue weighted by Crippen LogP contribution is 2.44. The minimum Gasteiger partial charge on any atom is -0.507 e.